The van der Waals surface area contributed by atoms with E-state index in [1.54, 1.807) is 6.21 Å². The Morgan fingerprint density at radius 3 is 2.64 bits per heavy atom. The van der Waals surface area contributed by atoms with Crippen molar-refractivity contribution in [2.45, 2.75) is 20.4 Å². The Labute approximate surface area is 138 Å². The fourth-order valence-electron chi connectivity index (χ4n) is 2.67. The van der Waals surface area contributed by atoms with E-state index in [0.29, 0.717) is 0 Å². The molecule has 0 aromatic heterocycles. The smallest absolute Gasteiger partial charge is 0.184 e. The minimum Gasteiger partial charge on any atom is -0.375 e. The monoisotopic (exact) mass is 319 g/mol. The lowest BCUT2D eigenvalue weighted by atomic mass is 9.99. The summed E-state index contributed by atoms with van der Waals surface area (Å²) in [5, 5.41) is 4.26. The van der Waals surface area contributed by atoms with Gasteiger partial charge >= 0.3 is 0 Å². The largest absolute Gasteiger partial charge is 0.375 e. The van der Waals surface area contributed by atoms with Crippen LogP contribution in [0.3, 0.4) is 0 Å². The zero-order valence-corrected chi connectivity index (χ0v) is 14.4. The van der Waals surface area contributed by atoms with E-state index >= 15 is 0 Å². The van der Waals surface area contributed by atoms with Crippen LogP contribution in [0.25, 0.3) is 0 Å². The number of hydrazone groups is 1. The third-order valence-electron chi connectivity index (χ3n) is 4.07. The molecule has 0 radical (unpaired) electrons. The molecule has 0 aliphatic carbocycles. The predicted molar refractivity (Wildman–Crippen MR) is 96.2 cm³/mol. The summed E-state index contributed by atoms with van der Waals surface area (Å²) in [6, 6.07) is 4.40. The molecule has 1 fully saturated rings. The van der Waals surface area contributed by atoms with Crippen LogP contribution in [0.2, 0.25) is 0 Å². The highest BCUT2D eigenvalue weighted by molar-refractivity contribution is 7.80. The van der Waals surface area contributed by atoms with Gasteiger partial charge in [-0.15, -0.1) is 0 Å². The molecule has 0 amide bonds. The quantitative estimate of drug-likeness (QED) is 0.496. The maximum absolute atomic E-state index is 5.39. The molecule has 0 atom stereocenters. The van der Waals surface area contributed by atoms with Crippen LogP contribution in [0.5, 0.6) is 0 Å². The van der Waals surface area contributed by atoms with Crippen LogP contribution >= 0.6 is 12.2 Å². The van der Waals surface area contributed by atoms with Crippen molar-refractivity contribution in [3.8, 4) is 0 Å². The lowest BCUT2D eigenvalue weighted by molar-refractivity contribution is 0.148. The first-order valence-corrected chi connectivity index (χ1v) is 7.96. The number of aryl methyl sites for hydroxylation is 1. The highest BCUT2D eigenvalue weighted by atomic mass is 32.1. The number of nitrogens with zero attached hydrogens (tertiary/aromatic N) is 3. The number of piperazine rings is 1. The summed E-state index contributed by atoms with van der Waals surface area (Å²) >= 11 is 4.76. The standard InChI is InChI=1S/C16H25N5S/c1-12-8-14(10-18-19-16(17)22)13(2)15(9-12)11-21-6-4-20(3)5-7-21/h8-10H,4-7,11H2,1-3H3,(H3,17,19,22). The molecule has 1 heterocycles. The van der Waals surface area contributed by atoms with Crippen molar-refractivity contribution in [3.63, 3.8) is 0 Å². The molecule has 0 saturated carbocycles. The third kappa shape index (κ3) is 4.76. The van der Waals surface area contributed by atoms with E-state index in [0.717, 1.165) is 38.3 Å². The zero-order chi connectivity index (χ0) is 16.1. The van der Waals surface area contributed by atoms with Crippen molar-refractivity contribution >= 4 is 23.5 Å². The summed E-state index contributed by atoms with van der Waals surface area (Å²) < 4.78 is 0. The average Bonchev–Trinajstić information content (AvgIpc) is 2.45. The maximum atomic E-state index is 5.39. The number of likely N-dealkylation sites (N-methyl/N-ethyl adjacent to an activating group) is 1. The molecule has 0 spiro atoms. The summed E-state index contributed by atoms with van der Waals surface area (Å²) in [5.41, 5.74) is 13.0. The van der Waals surface area contributed by atoms with E-state index < -0.39 is 0 Å². The third-order valence-corrected chi connectivity index (χ3v) is 4.16. The molecule has 1 aliphatic heterocycles. The van der Waals surface area contributed by atoms with E-state index in [1.165, 1.54) is 16.7 Å². The van der Waals surface area contributed by atoms with Gasteiger partial charge in [-0.2, -0.15) is 5.10 Å². The first-order valence-electron chi connectivity index (χ1n) is 7.55. The van der Waals surface area contributed by atoms with Crippen LogP contribution in [0.15, 0.2) is 17.2 Å². The van der Waals surface area contributed by atoms with Gasteiger partial charge in [-0.25, -0.2) is 0 Å². The summed E-state index contributed by atoms with van der Waals surface area (Å²) in [5.74, 6) is 0. The first-order chi connectivity index (χ1) is 10.5. The van der Waals surface area contributed by atoms with E-state index in [2.05, 4.69) is 53.4 Å². The normalized spacial score (nSPS) is 17.0. The van der Waals surface area contributed by atoms with Crippen molar-refractivity contribution in [3.05, 3.63) is 34.4 Å². The SMILES string of the molecule is Cc1cc(C=NNC(N)=S)c(C)c(CN2CCN(C)CC2)c1. The van der Waals surface area contributed by atoms with Crippen molar-refractivity contribution < 1.29 is 0 Å². The van der Waals surface area contributed by atoms with Gasteiger partial charge in [0.25, 0.3) is 0 Å². The molecule has 3 N–H and O–H groups in total. The number of rotatable bonds is 4. The fraction of sp³-hybridized carbons (Fsp3) is 0.500. The maximum Gasteiger partial charge on any atom is 0.184 e. The van der Waals surface area contributed by atoms with Gasteiger partial charge in [0.2, 0.25) is 0 Å². The van der Waals surface area contributed by atoms with Crippen molar-refractivity contribution in [1.82, 2.24) is 15.2 Å². The lowest BCUT2D eigenvalue weighted by Gasteiger charge is -2.32. The molecule has 6 heteroatoms. The van der Waals surface area contributed by atoms with Crippen LogP contribution in [-0.4, -0.2) is 54.4 Å². The molecule has 1 saturated heterocycles. The molecule has 1 aliphatic rings. The Morgan fingerprint density at radius 2 is 2.00 bits per heavy atom. The van der Waals surface area contributed by atoms with Crippen LogP contribution in [0.1, 0.15) is 22.3 Å². The topological polar surface area (TPSA) is 56.9 Å². The second-order valence-corrected chi connectivity index (χ2v) is 6.39. The summed E-state index contributed by atoms with van der Waals surface area (Å²) in [4.78, 5) is 4.88. The number of hydrogen-bond donors (Lipinski definition) is 2. The Morgan fingerprint density at radius 1 is 1.32 bits per heavy atom. The molecular weight excluding hydrogens is 294 g/mol. The Kier molecular flexibility index (Phi) is 5.88. The van der Waals surface area contributed by atoms with Crippen LogP contribution in [-0.2, 0) is 6.54 Å². The van der Waals surface area contributed by atoms with Gasteiger partial charge in [-0.3, -0.25) is 10.3 Å². The minimum atomic E-state index is 0.180. The second-order valence-electron chi connectivity index (χ2n) is 5.95. The van der Waals surface area contributed by atoms with Crippen molar-refractivity contribution in [2.24, 2.45) is 10.8 Å². The summed E-state index contributed by atoms with van der Waals surface area (Å²) in [6.07, 6.45) is 1.79. The van der Waals surface area contributed by atoms with E-state index in [9.17, 15) is 0 Å². The molecule has 2 rings (SSSR count). The van der Waals surface area contributed by atoms with Gasteiger partial charge in [-0.1, -0.05) is 17.7 Å². The molecule has 22 heavy (non-hydrogen) atoms. The summed E-state index contributed by atoms with van der Waals surface area (Å²) in [7, 11) is 2.18. The lowest BCUT2D eigenvalue weighted by Crippen LogP contribution is -2.44. The minimum absolute atomic E-state index is 0.180. The number of thiocarbonyl (C=S) groups is 1. The molecular formula is C16H25N5S. The van der Waals surface area contributed by atoms with E-state index in [1.807, 2.05) is 0 Å². The van der Waals surface area contributed by atoms with E-state index in [-0.39, 0.29) is 5.11 Å². The van der Waals surface area contributed by atoms with Gasteiger partial charge in [0.05, 0.1) is 6.21 Å². The van der Waals surface area contributed by atoms with Crippen LogP contribution < -0.4 is 11.2 Å². The first kappa shape index (κ1) is 16.9. The molecule has 0 unspecified atom stereocenters. The van der Waals surface area contributed by atoms with Crippen molar-refractivity contribution in [2.75, 3.05) is 33.2 Å². The number of hydrogen-bond acceptors (Lipinski definition) is 4. The van der Waals surface area contributed by atoms with Crippen LogP contribution in [0.4, 0.5) is 0 Å². The van der Waals surface area contributed by atoms with Gasteiger partial charge < -0.3 is 10.6 Å². The van der Waals surface area contributed by atoms with Crippen molar-refractivity contribution in [1.29, 1.82) is 0 Å². The Hall–Kier alpha value is -1.50. The number of nitrogens with two attached hydrogens (primary N) is 1. The van der Waals surface area contributed by atoms with Gasteiger partial charge in [0, 0.05) is 32.7 Å². The fourth-order valence-corrected chi connectivity index (χ4v) is 2.73. The molecule has 1 aromatic carbocycles. The van der Waals surface area contributed by atoms with E-state index in [4.69, 9.17) is 18.0 Å². The highest BCUT2D eigenvalue weighted by Gasteiger charge is 2.15. The zero-order valence-electron chi connectivity index (χ0n) is 13.6. The highest BCUT2D eigenvalue weighted by Crippen LogP contribution is 2.18. The van der Waals surface area contributed by atoms with Gasteiger partial charge in [0.15, 0.2) is 5.11 Å². The number of nitrogens with one attached hydrogen (secondary N) is 1. The van der Waals surface area contributed by atoms with Gasteiger partial charge in [-0.05, 0) is 49.8 Å². The predicted octanol–water partition coefficient (Wildman–Crippen LogP) is 1.22. The summed E-state index contributed by atoms with van der Waals surface area (Å²) in [6.45, 7) is 9.77. The van der Waals surface area contributed by atoms with Crippen LogP contribution in [0, 0.1) is 13.8 Å². The number of benzene rings is 1. The second kappa shape index (κ2) is 7.67. The Balaban J connectivity index is 2.12. The molecule has 5 nitrogen and oxygen atoms in total. The average molecular weight is 319 g/mol. The Bertz CT molecular complexity index is 562. The molecule has 0 bridgehead atoms. The van der Waals surface area contributed by atoms with Gasteiger partial charge in [0.1, 0.15) is 0 Å². The molecule has 120 valence electrons. The molecule has 1 aromatic rings.